The van der Waals surface area contributed by atoms with E-state index in [1.54, 1.807) is 32.5 Å². The van der Waals surface area contributed by atoms with E-state index in [0.29, 0.717) is 68.7 Å². The molecule has 0 unspecified atom stereocenters. The average Bonchev–Trinajstić information content (AvgIpc) is 1.48. The largest absolute Gasteiger partial charge is 0.458 e. The molecule has 0 saturated carbocycles. The van der Waals surface area contributed by atoms with Crippen molar-refractivity contribution in [2.75, 3.05) is 38.6 Å². The molecule has 0 bridgehead atoms. The first-order valence-corrected chi connectivity index (χ1v) is 32.5. The molecule has 0 spiro atoms. The highest BCUT2D eigenvalue weighted by atomic mass is 32.1. The molecule has 0 radical (unpaired) electrons. The van der Waals surface area contributed by atoms with Crippen LogP contribution in [0.15, 0.2) is 243 Å². The van der Waals surface area contributed by atoms with Crippen molar-refractivity contribution in [2.24, 2.45) is 0 Å². The number of nitrogens with zero attached hydrogens (tertiary/aromatic N) is 5. The number of fused-ring (bicyclic) bond motifs is 14. The van der Waals surface area contributed by atoms with Crippen LogP contribution in [0.2, 0.25) is 0 Å². The number of hydrogen-bond acceptors (Lipinski definition) is 11. The lowest BCUT2D eigenvalue weighted by Gasteiger charge is -2.41. The molecule has 0 atom stereocenters. The van der Waals surface area contributed by atoms with Gasteiger partial charge in [-0.05, 0) is 119 Å². The first-order valence-electron chi connectivity index (χ1n) is 30.9. The van der Waals surface area contributed by atoms with Crippen molar-refractivity contribution in [3.05, 3.63) is 266 Å². The third-order valence-electron chi connectivity index (χ3n) is 18.9. The Morgan fingerprint density at radius 1 is 0.309 bits per heavy atom. The number of thiophene rings is 2. The molecular formula is C76H46B3F4N5O4S2. The first kappa shape index (κ1) is 54.7. The van der Waals surface area contributed by atoms with Gasteiger partial charge in [-0.25, -0.2) is 17.6 Å². The van der Waals surface area contributed by atoms with E-state index in [9.17, 15) is 0 Å². The van der Waals surface area contributed by atoms with Gasteiger partial charge in [-0.15, -0.1) is 0 Å². The molecule has 448 valence electrons. The fraction of sp³-hybridized carbons (Fsp3) is 0.0263. The Morgan fingerprint density at radius 2 is 0.638 bits per heavy atom. The molecule has 0 amide bonds. The van der Waals surface area contributed by atoms with Crippen molar-refractivity contribution in [1.82, 2.24) is 0 Å². The first-order chi connectivity index (χ1) is 46.1. The second-order valence-electron chi connectivity index (χ2n) is 24.0. The van der Waals surface area contributed by atoms with E-state index in [0.717, 1.165) is 86.2 Å². The van der Waals surface area contributed by atoms with Crippen LogP contribution in [0.4, 0.5) is 91.5 Å². The maximum Gasteiger partial charge on any atom is 0.281 e. The van der Waals surface area contributed by atoms with Crippen LogP contribution in [-0.2, 0) is 0 Å². The number of benzene rings is 11. The third kappa shape index (κ3) is 7.96. The summed E-state index contributed by atoms with van der Waals surface area (Å²) in [6.07, 6.45) is 0. The second kappa shape index (κ2) is 20.7. The number of para-hydroxylation sites is 8. The van der Waals surface area contributed by atoms with E-state index in [1.165, 1.54) is 36.4 Å². The van der Waals surface area contributed by atoms with Crippen LogP contribution in [-0.4, -0.2) is 34.2 Å². The fourth-order valence-electron chi connectivity index (χ4n) is 15.0. The predicted molar refractivity (Wildman–Crippen MR) is 375 cm³/mol. The smallest absolute Gasteiger partial charge is 0.281 e. The zero-order valence-electron chi connectivity index (χ0n) is 50.0. The Hall–Kier alpha value is -11.1. The van der Waals surface area contributed by atoms with E-state index >= 15 is 17.6 Å². The lowest BCUT2D eigenvalue weighted by atomic mass is 9.36. The van der Waals surface area contributed by atoms with Crippen molar-refractivity contribution >= 4 is 163 Å². The van der Waals surface area contributed by atoms with E-state index in [-0.39, 0.29) is 18.1 Å². The lowest BCUT2D eigenvalue weighted by molar-refractivity contribution is 0.423. The summed E-state index contributed by atoms with van der Waals surface area (Å²) >= 11 is 3.44. The summed E-state index contributed by atoms with van der Waals surface area (Å²) in [5.74, 6) is 1.69. The number of rotatable bonds is 9. The van der Waals surface area contributed by atoms with Crippen molar-refractivity contribution in [3.8, 4) is 46.0 Å². The number of hydrogen-bond donors (Lipinski definition) is 0. The second-order valence-corrected chi connectivity index (χ2v) is 26.2. The quantitative estimate of drug-likeness (QED) is 0.104. The van der Waals surface area contributed by atoms with Crippen LogP contribution < -0.4 is 89.9 Å². The fourth-order valence-corrected chi connectivity index (χ4v) is 18.1. The Kier molecular flexibility index (Phi) is 12.0. The van der Waals surface area contributed by atoms with Gasteiger partial charge in [-0.2, -0.15) is 22.7 Å². The molecule has 18 heteroatoms. The Labute approximate surface area is 546 Å². The molecule has 2 aromatic heterocycles. The van der Waals surface area contributed by atoms with Crippen molar-refractivity contribution < 1.29 is 36.5 Å². The van der Waals surface area contributed by atoms with Crippen LogP contribution in [0.25, 0.3) is 0 Å². The molecule has 6 aliphatic heterocycles. The summed E-state index contributed by atoms with van der Waals surface area (Å²) in [5.41, 5.74) is 12.6. The maximum atomic E-state index is 16.4. The van der Waals surface area contributed by atoms with Crippen LogP contribution >= 0.6 is 22.7 Å². The van der Waals surface area contributed by atoms with Crippen molar-refractivity contribution in [1.29, 1.82) is 0 Å². The third-order valence-corrected chi connectivity index (χ3v) is 21.5. The molecule has 8 heterocycles. The van der Waals surface area contributed by atoms with Gasteiger partial charge in [0.05, 0.1) is 28.4 Å². The Bertz CT molecular complexity index is 5260. The average molecular weight is 1270 g/mol. The molecule has 19 rings (SSSR count). The van der Waals surface area contributed by atoms with Crippen LogP contribution in [0.3, 0.4) is 0 Å². The molecule has 94 heavy (non-hydrogen) atoms. The lowest BCUT2D eigenvalue weighted by Crippen LogP contribution is -2.58. The van der Waals surface area contributed by atoms with Crippen molar-refractivity contribution in [3.63, 3.8) is 0 Å². The van der Waals surface area contributed by atoms with Gasteiger partial charge in [0.15, 0.2) is 11.5 Å². The molecule has 0 N–H and O–H groups in total. The van der Waals surface area contributed by atoms with E-state index in [1.807, 2.05) is 158 Å². The molecular weight excluding hydrogens is 1220 g/mol. The highest BCUT2D eigenvalue weighted by Gasteiger charge is 2.54. The SMILES string of the molecule is CN1c2cc(N(c3ccccc3)c3c(F)cccc3F)cc3c2B(c2ccccc2O3)c2sc3c(c21)N(C)c1cc(N(c2ccccc2)c2ccccc2)cc2c1B3c1sc3c(c1O2)Oc1cc(N(c2ccccc2)c2c(F)cccc2F)cc2c1B3c1ccccc1O2. The monoisotopic (exact) mass is 1270 g/mol. The summed E-state index contributed by atoms with van der Waals surface area (Å²) < 4.78 is 98.4. The topological polar surface area (TPSA) is 53.1 Å². The number of halogens is 4. The van der Waals surface area contributed by atoms with Gasteiger partial charge in [-0.1, -0.05) is 121 Å². The molecule has 11 aromatic carbocycles. The standard InChI is InChI=1S/C76H46B3F4N5O4S2/c1-84-56-38-48(87(45-25-11-5-12-26-45)67-52(80)31-19-32-53(67)81)40-60-64(56)77(50-29-15-17-35-58(50)89-60)73-69(84)70-74(93-73)79-65-57(85(70)2)37-47(86(43-21-7-3-8-22-43)44-23-9-4-10-24-44)39-61(65)91-72-71-75(94-76(72)79)78-51-30-16-18-36-59(51)90-62-41-49(42-63(92-71)66(62)78)88(46-27-13-6-14-28-46)68-54(82)33-20-34-55(68)83/h3-42H,1-2H3. The normalized spacial score (nSPS) is 13.4. The Balaban J connectivity index is 0.853. The molecule has 0 saturated heterocycles. The van der Waals surface area contributed by atoms with Gasteiger partial charge in [-0.3, -0.25) is 0 Å². The molecule has 9 nitrogen and oxygen atoms in total. The summed E-state index contributed by atoms with van der Waals surface area (Å²) in [6.45, 7) is -1.14. The van der Waals surface area contributed by atoms with Gasteiger partial charge in [0, 0.05) is 97.1 Å². The van der Waals surface area contributed by atoms with Gasteiger partial charge >= 0.3 is 0 Å². The van der Waals surface area contributed by atoms with Gasteiger partial charge in [0.1, 0.15) is 69.1 Å². The predicted octanol–water partition coefficient (Wildman–Crippen LogP) is 14.9. The minimum atomic E-state index is -0.737. The van der Waals surface area contributed by atoms with E-state index < -0.39 is 36.7 Å². The highest BCUT2D eigenvalue weighted by Crippen LogP contribution is 2.53. The van der Waals surface area contributed by atoms with Gasteiger partial charge < -0.3 is 43.4 Å². The van der Waals surface area contributed by atoms with Crippen LogP contribution in [0.5, 0.6) is 46.0 Å². The highest BCUT2D eigenvalue weighted by molar-refractivity contribution is 7.44. The van der Waals surface area contributed by atoms with Gasteiger partial charge in [0.2, 0.25) is 0 Å². The minimum Gasteiger partial charge on any atom is -0.458 e. The van der Waals surface area contributed by atoms with E-state index in [2.05, 4.69) is 77.3 Å². The van der Waals surface area contributed by atoms with Crippen LogP contribution in [0.1, 0.15) is 0 Å². The zero-order valence-corrected chi connectivity index (χ0v) is 51.7. The summed E-state index contributed by atoms with van der Waals surface area (Å²) in [6, 6.07) is 75.1. The molecule has 13 aromatic rings. The minimum absolute atomic E-state index is 0.210. The summed E-state index contributed by atoms with van der Waals surface area (Å²) in [4.78, 5) is 9.99. The summed E-state index contributed by atoms with van der Waals surface area (Å²) in [7, 11) is 4.21. The number of anilines is 13. The molecule has 0 aliphatic carbocycles. The summed E-state index contributed by atoms with van der Waals surface area (Å²) in [5, 5.41) is 0. The maximum absolute atomic E-state index is 16.4. The van der Waals surface area contributed by atoms with Gasteiger partial charge in [0.25, 0.3) is 20.1 Å². The molecule has 6 aliphatic rings. The number of ether oxygens (including phenoxy) is 4. The van der Waals surface area contributed by atoms with Crippen LogP contribution in [0, 0.1) is 23.3 Å². The zero-order chi connectivity index (χ0) is 62.8. The van der Waals surface area contributed by atoms with Crippen molar-refractivity contribution in [2.45, 2.75) is 0 Å². The Morgan fingerprint density at radius 3 is 1.11 bits per heavy atom. The molecule has 0 fully saturated rings. The van der Waals surface area contributed by atoms with E-state index in [4.69, 9.17) is 18.9 Å².